The number of benzene rings is 3. The van der Waals surface area contributed by atoms with E-state index < -0.39 is 46.1 Å². The van der Waals surface area contributed by atoms with Crippen molar-refractivity contribution in [3.05, 3.63) is 96.1 Å². The first-order valence-corrected chi connectivity index (χ1v) is 13.6. The lowest BCUT2D eigenvalue weighted by Gasteiger charge is -2.32. The molecule has 3 aromatic rings. The molecule has 0 heterocycles. The fourth-order valence-corrected chi connectivity index (χ4v) is 5.18. The van der Waals surface area contributed by atoms with Gasteiger partial charge in [-0.15, -0.1) is 0 Å². The zero-order valence-electron chi connectivity index (χ0n) is 21.5. The maximum absolute atomic E-state index is 14.9. The Labute approximate surface area is 222 Å². The van der Waals surface area contributed by atoms with Crippen LogP contribution in [-0.4, -0.2) is 44.3 Å². The van der Waals surface area contributed by atoms with Gasteiger partial charge >= 0.3 is 0 Å². The van der Waals surface area contributed by atoms with Crippen molar-refractivity contribution < 1.29 is 26.8 Å². The highest BCUT2D eigenvalue weighted by atomic mass is 32.2. The molecule has 3 aromatic carbocycles. The van der Waals surface area contributed by atoms with E-state index in [1.807, 2.05) is 13.8 Å². The molecule has 10 heteroatoms. The topological polar surface area (TPSA) is 86.8 Å². The van der Waals surface area contributed by atoms with E-state index in [1.165, 1.54) is 67.6 Å². The molecule has 0 saturated heterocycles. The summed E-state index contributed by atoms with van der Waals surface area (Å²) in [5.74, 6) is -2.56. The highest BCUT2D eigenvalue weighted by molar-refractivity contribution is 7.92. The summed E-state index contributed by atoms with van der Waals surface area (Å²) in [6.45, 7) is 4.55. The van der Waals surface area contributed by atoms with Crippen LogP contribution in [-0.2, 0) is 26.2 Å². The van der Waals surface area contributed by atoms with Gasteiger partial charge in [-0.1, -0.05) is 62.4 Å². The molecular formula is C28H31F2N3O4S. The Kier molecular flexibility index (Phi) is 9.57. The molecule has 0 aromatic heterocycles. The third-order valence-electron chi connectivity index (χ3n) is 5.88. The number of nitrogens with one attached hydrogen (secondary N) is 1. The smallest absolute Gasteiger partial charge is 0.264 e. The van der Waals surface area contributed by atoms with Gasteiger partial charge in [0.2, 0.25) is 11.8 Å². The maximum atomic E-state index is 14.9. The monoisotopic (exact) mass is 543 g/mol. The molecule has 202 valence electrons. The lowest BCUT2D eigenvalue weighted by Crippen LogP contribution is -2.51. The minimum atomic E-state index is -4.38. The molecule has 0 aliphatic carbocycles. The molecule has 0 aliphatic heterocycles. The number of carbonyl (C=O) groups is 2. The van der Waals surface area contributed by atoms with Crippen molar-refractivity contribution in [2.24, 2.45) is 5.92 Å². The quantitative estimate of drug-likeness (QED) is 0.390. The van der Waals surface area contributed by atoms with Gasteiger partial charge in [-0.05, 0) is 43.2 Å². The number of nitrogens with zero attached hydrogens (tertiary/aromatic N) is 2. The number of halogens is 2. The van der Waals surface area contributed by atoms with Crippen molar-refractivity contribution in [1.82, 2.24) is 10.2 Å². The van der Waals surface area contributed by atoms with Crippen LogP contribution in [0.3, 0.4) is 0 Å². The van der Waals surface area contributed by atoms with E-state index in [2.05, 4.69) is 5.32 Å². The number of carbonyl (C=O) groups excluding carboxylic acids is 2. The van der Waals surface area contributed by atoms with Gasteiger partial charge in [0.15, 0.2) is 0 Å². The standard InChI is InChI=1S/C28H31F2N3O4S/c1-20(2)17-31-28(35)21(3)32(18-22-11-7-8-14-24(22)29)27(34)19-33(26-16-10-9-15-25(26)30)38(36,37)23-12-5-4-6-13-23/h4-16,20-21H,17-19H2,1-3H3,(H,31,35)/t21-/m0/s1. The lowest BCUT2D eigenvalue weighted by atomic mass is 10.1. The number of rotatable bonds is 11. The average Bonchev–Trinajstić information content (AvgIpc) is 2.90. The van der Waals surface area contributed by atoms with Gasteiger partial charge < -0.3 is 10.2 Å². The Morgan fingerprint density at radius 1 is 0.842 bits per heavy atom. The highest BCUT2D eigenvalue weighted by Gasteiger charge is 2.33. The predicted molar refractivity (Wildman–Crippen MR) is 142 cm³/mol. The maximum Gasteiger partial charge on any atom is 0.264 e. The SMILES string of the molecule is CC(C)CNC(=O)[C@H](C)N(Cc1ccccc1F)C(=O)CN(c1ccccc1F)S(=O)(=O)c1ccccc1. The van der Waals surface area contributed by atoms with E-state index >= 15 is 0 Å². The fourth-order valence-electron chi connectivity index (χ4n) is 3.73. The van der Waals surface area contributed by atoms with E-state index in [4.69, 9.17) is 0 Å². The normalized spacial score (nSPS) is 12.2. The van der Waals surface area contributed by atoms with Gasteiger partial charge in [-0.25, -0.2) is 17.2 Å². The zero-order valence-corrected chi connectivity index (χ0v) is 22.3. The number of sulfonamides is 1. The van der Waals surface area contributed by atoms with Crippen LogP contribution in [0.2, 0.25) is 0 Å². The summed E-state index contributed by atoms with van der Waals surface area (Å²) in [7, 11) is -4.38. The number of amides is 2. The fraction of sp³-hybridized carbons (Fsp3) is 0.286. The minimum Gasteiger partial charge on any atom is -0.354 e. The van der Waals surface area contributed by atoms with E-state index in [0.29, 0.717) is 10.8 Å². The highest BCUT2D eigenvalue weighted by Crippen LogP contribution is 2.27. The lowest BCUT2D eigenvalue weighted by molar-refractivity contribution is -0.139. The van der Waals surface area contributed by atoms with Crippen LogP contribution >= 0.6 is 0 Å². The van der Waals surface area contributed by atoms with Crippen molar-refractivity contribution in [3.63, 3.8) is 0 Å². The number of anilines is 1. The first kappa shape index (κ1) is 28.8. The molecule has 1 atom stereocenters. The third-order valence-corrected chi connectivity index (χ3v) is 7.66. The van der Waals surface area contributed by atoms with E-state index in [9.17, 15) is 26.8 Å². The molecule has 1 N–H and O–H groups in total. The van der Waals surface area contributed by atoms with Crippen molar-refractivity contribution in [1.29, 1.82) is 0 Å². The van der Waals surface area contributed by atoms with Crippen molar-refractivity contribution in [2.45, 2.75) is 38.3 Å². The first-order valence-electron chi connectivity index (χ1n) is 12.1. The summed E-state index contributed by atoms with van der Waals surface area (Å²) >= 11 is 0. The van der Waals surface area contributed by atoms with Gasteiger partial charge in [0, 0.05) is 18.7 Å². The molecule has 7 nitrogen and oxygen atoms in total. The number of hydrogen-bond acceptors (Lipinski definition) is 4. The summed E-state index contributed by atoms with van der Waals surface area (Å²) in [5.41, 5.74) is -0.180. The van der Waals surface area contributed by atoms with E-state index in [-0.39, 0.29) is 28.6 Å². The molecule has 0 bridgehead atoms. The van der Waals surface area contributed by atoms with Crippen LogP contribution in [0.1, 0.15) is 26.3 Å². The molecule has 0 spiro atoms. The molecule has 0 fully saturated rings. The van der Waals surface area contributed by atoms with Crippen LogP contribution in [0.5, 0.6) is 0 Å². The number of para-hydroxylation sites is 1. The van der Waals surface area contributed by atoms with Crippen molar-refractivity contribution in [3.8, 4) is 0 Å². The van der Waals surface area contributed by atoms with Crippen molar-refractivity contribution in [2.75, 3.05) is 17.4 Å². The Bertz CT molecular complexity index is 1370. The summed E-state index contributed by atoms with van der Waals surface area (Å²) < 4.78 is 57.2. The Morgan fingerprint density at radius 3 is 2.03 bits per heavy atom. The van der Waals surface area contributed by atoms with E-state index in [0.717, 1.165) is 11.0 Å². The average molecular weight is 544 g/mol. The van der Waals surface area contributed by atoms with Gasteiger partial charge in [0.25, 0.3) is 10.0 Å². The van der Waals surface area contributed by atoms with Crippen LogP contribution < -0.4 is 9.62 Å². The van der Waals surface area contributed by atoms with Crippen LogP contribution in [0.25, 0.3) is 0 Å². The van der Waals surface area contributed by atoms with Crippen LogP contribution in [0.4, 0.5) is 14.5 Å². The molecule has 2 amide bonds. The van der Waals surface area contributed by atoms with Gasteiger partial charge in [0.1, 0.15) is 24.2 Å². The van der Waals surface area contributed by atoms with E-state index in [1.54, 1.807) is 12.1 Å². The van der Waals surface area contributed by atoms with Gasteiger partial charge in [-0.3, -0.25) is 13.9 Å². The Morgan fingerprint density at radius 2 is 1.42 bits per heavy atom. The Hall–Kier alpha value is -3.79. The molecule has 0 saturated carbocycles. The van der Waals surface area contributed by atoms with Gasteiger partial charge in [-0.2, -0.15) is 0 Å². The van der Waals surface area contributed by atoms with Crippen LogP contribution in [0, 0.1) is 17.6 Å². The molecule has 0 unspecified atom stereocenters. The third kappa shape index (κ3) is 6.95. The second-order valence-electron chi connectivity index (χ2n) is 9.20. The van der Waals surface area contributed by atoms with Gasteiger partial charge in [0.05, 0.1) is 10.6 Å². The molecular weight excluding hydrogens is 512 g/mol. The second-order valence-corrected chi connectivity index (χ2v) is 11.1. The predicted octanol–water partition coefficient (Wildman–Crippen LogP) is 4.35. The summed E-state index contributed by atoms with van der Waals surface area (Å²) in [6, 6.07) is 17.3. The first-order chi connectivity index (χ1) is 18.0. The molecule has 0 aliphatic rings. The summed E-state index contributed by atoms with van der Waals surface area (Å²) in [5, 5.41) is 2.75. The molecule has 3 rings (SSSR count). The largest absolute Gasteiger partial charge is 0.354 e. The van der Waals surface area contributed by atoms with Crippen LogP contribution in [0.15, 0.2) is 83.8 Å². The number of hydrogen-bond donors (Lipinski definition) is 1. The second kappa shape index (κ2) is 12.6. The molecule has 0 radical (unpaired) electrons. The molecule has 38 heavy (non-hydrogen) atoms. The Balaban J connectivity index is 2.02. The summed E-state index contributed by atoms with van der Waals surface area (Å²) in [4.78, 5) is 27.6. The van der Waals surface area contributed by atoms with Crippen molar-refractivity contribution >= 4 is 27.5 Å². The zero-order chi connectivity index (χ0) is 27.9. The minimum absolute atomic E-state index is 0.139. The summed E-state index contributed by atoms with van der Waals surface area (Å²) in [6.07, 6.45) is 0.